The second kappa shape index (κ2) is 8.51. The van der Waals surface area contributed by atoms with Gasteiger partial charge in [-0.2, -0.15) is 0 Å². The quantitative estimate of drug-likeness (QED) is 0.730. The van der Waals surface area contributed by atoms with Gasteiger partial charge in [0.05, 0.1) is 25.8 Å². The van der Waals surface area contributed by atoms with Crippen molar-refractivity contribution in [3.05, 3.63) is 47.5 Å². The van der Waals surface area contributed by atoms with Gasteiger partial charge in [-0.25, -0.2) is 4.79 Å². The van der Waals surface area contributed by atoms with Crippen molar-refractivity contribution in [1.29, 1.82) is 0 Å². The maximum Gasteiger partial charge on any atom is 0.337 e. The molecule has 148 valence electrons. The third-order valence-corrected chi connectivity index (χ3v) is 4.22. The summed E-state index contributed by atoms with van der Waals surface area (Å²) >= 11 is 0. The second-order valence-electron chi connectivity index (χ2n) is 6.05. The molecule has 0 radical (unpaired) electrons. The first-order valence-electron chi connectivity index (χ1n) is 8.60. The van der Waals surface area contributed by atoms with Crippen LogP contribution in [0.1, 0.15) is 28.9 Å². The number of amides is 1. The maximum atomic E-state index is 12.2. The van der Waals surface area contributed by atoms with Crippen molar-refractivity contribution >= 4 is 11.9 Å². The molecule has 2 aromatic carbocycles. The van der Waals surface area contributed by atoms with Gasteiger partial charge in [-0.15, -0.1) is 0 Å². The van der Waals surface area contributed by atoms with Gasteiger partial charge in [-0.05, 0) is 42.8 Å². The fraction of sp³-hybridized carbons (Fsp3) is 0.300. The molecule has 0 aliphatic carbocycles. The Balaban J connectivity index is 1.58. The fourth-order valence-corrected chi connectivity index (χ4v) is 2.72. The van der Waals surface area contributed by atoms with Crippen molar-refractivity contribution in [2.75, 3.05) is 27.6 Å². The van der Waals surface area contributed by atoms with E-state index in [-0.39, 0.29) is 25.3 Å². The molecular formula is C20H21NO7. The van der Waals surface area contributed by atoms with Crippen molar-refractivity contribution in [2.45, 2.75) is 13.0 Å². The molecule has 1 amide bonds. The number of benzene rings is 2. The topological polar surface area (TPSA) is 92.3 Å². The number of rotatable bonds is 7. The highest BCUT2D eigenvalue weighted by Crippen LogP contribution is 2.34. The summed E-state index contributed by atoms with van der Waals surface area (Å²) < 4.78 is 26.1. The fourth-order valence-electron chi connectivity index (χ4n) is 2.72. The van der Waals surface area contributed by atoms with Crippen LogP contribution >= 0.6 is 0 Å². The minimum Gasteiger partial charge on any atom is -0.493 e. The predicted octanol–water partition coefficient (Wildman–Crippen LogP) is 2.47. The molecule has 1 aliphatic rings. The van der Waals surface area contributed by atoms with Crippen molar-refractivity contribution in [1.82, 2.24) is 5.32 Å². The molecule has 0 saturated heterocycles. The lowest BCUT2D eigenvalue weighted by atomic mass is 10.1. The molecule has 28 heavy (non-hydrogen) atoms. The monoisotopic (exact) mass is 387 g/mol. The number of nitrogens with one attached hydrogen (secondary N) is 1. The maximum absolute atomic E-state index is 12.2. The van der Waals surface area contributed by atoms with Gasteiger partial charge in [-0.3, -0.25) is 4.79 Å². The Bertz CT molecular complexity index is 881. The molecule has 1 heterocycles. The van der Waals surface area contributed by atoms with Gasteiger partial charge in [0.1, 0.15) is 0 Å². The Hall–Kier alpha value is -3.42. The molecule has 0 spiro atoms. The first-order valence-corrected chi connectivity index (χ1v) is 8.60. The number of hydrogen-bond acceptors (Lipinski definition) is 7. The summed E-state index contributed by atoms with van der Waals surface area (Å²) in [4.78, 5) is 23.8. The smallest absolute Gasteiger partial charge is 0.337 e. The van der Waals surface area contributed by atoms with Crippen LogP contribution in [-0.4, -0.2) is 39.5 Å². The van der Waals surface area contributed by atoms with E-state index in [4.69, 9.17) is 18.9 Å². The summed E-state index contributed by atoms with van der Waals surface area (Å²) in [7, 11) is 2.75. The highest BCUT2D eigenvalue weighted by Gasteiger charge is 2.18. The molecule has 1 atom stereocenters. The Morgan fingerprint density at radius 3 is 2.61 bits per heavy atom. The van der Waals surface area contributed by atoms with Crippen molar-refractivity contribution in [3.8, 4) is 23.0 Å². The average molecular weight is 387 g/mol. The van der Waals surface area contributed by atoms with E-state index in [1.54, 1.807) is 6.07 Å². The van der Waals surface area contributed by atoms with E-state index in [0.29, 0.717) is 28.6 Å². The molecule has 1 aliphatic heterocycles. The second-order valence-corrected chi connectivity index (χ2v) is 6.05. The van der Waals surface area contributed by atoms with Crippen molar-refractivity contribution < 1.29 is 33.3 Å². The number of carbonyl (C=O) groups is 2. The summed E-state index contributed by atoms with van der Waals surface area (Å²) in [5.74, 6) is 1.24. The van der Waals surface area contributed by atoms with E-state index in [0.717, 1.165) is 5.56 Å². The zero-order valence-corrected chi connectivity index (χ0v) is 15.8. The zero-order chi connectivity index (χ0) is 20.1. The van der Waals surface area contributed by atoms with E-state index in [1.165, 1.54) is 26.4 Å². The number of hydrogen-bond donors (Lipinski definition) is 1. The van der Waals surface area contributed by atoms with Gasteiger partial charge < -0.3 is 29.0 Å². The molecule has 0 bridgehead atoms. The van der Waals surface area contributed by atoms with Crippen molar-refractivity contribution in [2.24, 2.45) is 0 Å². The minimum atomic E-state index is -0.486. The SMILES string of the molecule is COC(=O)c1ccc(OCC(=O)N[C@H](C)c2ccc3c(c2)OCO3)c(OC)c1. The van der Waals surface area contributed by atoms with Crippen molar-refractivity contribution in [3.63, 3.8) is 0 Å². The molecule has 0 fully saturated rings. The average Bonchev–Trinajstić information content (AvgIpc) is 3.19. The van der Waals surface area contributed by atoms with E-state index in [9.17, 15) is 9.59 Å². The van der Waals surface area contributed by atoms with Crippen LogP contribution in [0.15, 0.2) is 36.4 Å². The molecule has 0 aromatic heterocycles. The standard InChI is InChI=1S/C20H21NO7/c1-12(13-4-6-16-18(8-13)28-11-27-16)21-19(22)10-26-15-7-5-14(20(23)25-3)9-17(15)24-2/h4-9,12H,10-11H2,1-3H3,(H,21,22)/t12-/m1/s1. The molecule has 2 aromatic rings. The van der Waals surface area contributed by atoms with E-state index >= 15 is 0 Å². The van der Waals surface area contributed by atoms with E-state index in [2.05, 4.69) is 10.1 Å². The summed E-state index contributed by atoms with van der Waals surface area (Å²) in [6.07, 6.45) is 0. The normalized spacial score (nSPS) is 12.8. The Morgan fingerprint density at radius 1 is 1.07 bits per heavy atom. The Morgan fingerprint density at radius 2 is 1.86 bits per heavy atom. The lowest BCUT2D eigenvalue weighted by Crippen LogP contribution is -2.31. The van der Waals surface area contributed by atoms with Gasteiger partial charge in [0, 0.05) is 0 Å². The third kappa shape index (κ3) is 4.28. The molecule has 3 rings (SSSR count). The van der Waals surface area contributed by atoms with E-state index < -0.39 is 5.97 Å². The predicted molar refractivity (Wildman–Crippen MR) is 99.0 cm³/mol. The van der Waals surface area contributed by atoms with Gasteiger partial charge in [0.2, 0.25) is 6.79 Å². The number of carbonyl (C=O) groups excluding carboxylic acids is 2. The number of ether oxygens (including phenoxy) is 5. The highest BCUT2D eigenvalue weighted by atomic mass is 16.7. The first kappa shape index (κ1) is 19.3. The first-order chi connectivity index (χ1) is 13.5. The van der Waals surface area contributed by atoms with Gasteiger partial charge in [0.15, 0.2) is 29.6 Å². The largest absolute Gasteiger partial charge is 0.493 e. The molecule has 1 N–H and O–H groups in total. The van der Waals surface area contributed by atoms with Crippen LogP contribution in [0.2, 0.25) is 0 Å². The highest BCUT2D eigenvalue weighted by molar-refractivity contribution is 5.90. The molecule has 0 unspecified atom stereocenters. The van der Waals surface area contributed by atoms with Crippen LogP contribution in [-0.2, 0) is 9.53 Å². The van der Waals surface area contributed by atoms with E-state index in [1.807, 2.05) is 25.1 Å². The number of fused-ring (bicyclic) bond motifs is 1. The van der Waals surface area contributed by atoms with Gasteiger partial charge >= 0.3 is 5.97 Å². The lowest BCUT2D eigenvalue weighted by molar-refractivity contribution is -0.123. The van der Waals surface area contributed by atoms with Crippen LogP contribution in [0.4, 0.5) is 0 Å². The minimum absolute atomic E-state index is 0.198. The van der Waals surface area contributed by atoms with Gasteiger partial charge in [-0.1, -0.05) is 6.07 Å². The molecular weight excluding hydrogens is 366 g/mol. The molecule has 0 saturated carbocycles. The third-order valence-electron chi connectivity index (χ3n) is 4.22. The van der Waals surface area contributed by atoms with Crippen LogP contribution in [0, 0.1) is 0 Å². The summed E-state index contributed by atoms with van der Waals surface area (Å²) in [6.45, 7) is 1.86. The Labute approximate surface area is 162 Å². The number of methoxy groups -OCH3 is 2. The van der Waals surface area contributed by atoms with Crippen LogP contribution < -0.4 is 24.3 Å². The number of esters is 1. The summed E-state index contributed by atoms with van der Waals surface area (Å²) in [5.41, 5.74) is 1.21. The molecule has 8 nitrogen and oxygen atoms in total. The zero-order valence-electron chi connectivity index (χ0n) is 15.8. The lowest BCUT2D eigenvalue weighted by Gasteiger charge is -2.16. The van der Waals surface area contributed by atoms with Crippen LogP contribution in [0.3, 0.4) is 0 Å². The molecule has 8 heteroatoms. The Kier molecular flexibility index (Phi) is 5.88. The van der Waals surface area contributed by atoms with Crippen LogP contribution in [0.25, 0.3) is 0 Å². The summed E-state index contributed by atoms with van der Waals surface area (Å²) in [6, 6.07) is 9.86. The van der Waals surface area contributed by atoms with Crippen LogP contribution in [0.5, 0.6) is 23.0 Å². The summed E-state index contributed by atoms with van der Waals surface area (Å²) in [5, 5.41) is 2.86. The van der Waals surface area contributed by atoms with Gasteiger partial charge in [0.25, 0.3) is 5.91 Å².